The summed E-state index contributed by atoms with van der Waals surface area (Å²) >= 11 is 0. The van der Waals surface area contributed by atoms with E-state index in [1.54, 1.807) is 0 Å². The number of nitrogen functional groups attached to an aromatic ring is 1. The molecule has 0 aliphatic heterocycles. The third kappa shape index (κ3) is 0.575. The van der Waals surface area contributed by atoms with Gasteiger partial charge in [0.25, 0.3) is 0 Å². The molecular formula is C6H7N3. The lowest BCUT2D eigenvalue weighted by Gasteiger charge is -2.14. The first kappa shape index (κ1) is 4.73. The molecule has 3 nitrogen and oxygen atoms in total. The predicted molar refractivity (Wildman–Crippen MR) is 33.9 cm³/mol. The molecule has 1 aliphatic carbocycles. The Kier molecular flexibility index (Phi) is 0.754. The third-order valence-corrected chi connectivity index (χ3v) is 1.61. The van der Waals surface area contributed by atoms with Gasteiger partial charge in [-0.3, -0.25) is 0 Å². The first-order chi connectivity index (χ1) is 4.36. The van der Waals surface area contributed by atoms with Crippen molar-refractivity contribution in [2.45, 2.75) is 12.8 Å². The highest BCUT2D eigenvalue weighted by Gasteiger charge is 2.14. The molecule has 1 aromatic rings. The Labute approximate surface area is 52.9 Å². The van der Waals surface area contributed by atoms with Crippen LogP contribution in [0.3, 0.4) is 0 Å². The monoisotopic (exact) mass is 121 g/mol. The number of fused-ring (bicyclic) bond motifs is 1. The van der Waals surface area contributed by atoms with Gasteiger partial charge in [0.1, 0.15) is 5.82 Å². The van der Waals surface area contributed by atoms with E-state index in [1.165, 1.54) is 5.56 Å². The van der Waals surface area contributed by atoms with Crippen LogP contribution in [0.4, 0.5) is 5.82 Å². The second-order valence-corrected chi connectivity index (χ2v) is 2.24. The molecule has 0 amide bonds. The average molecular weight is 121 g/mol. The quantitative estimate of drug-likeness (QED) is 0.531. The molecule has 0 bridgehead atoms. The highest BCUT2D eigenvalue weighted by Crippen LogP contribution is 2.19. The molecule has 0 fully saturated rings. The van der Waals surface area contributed by atoms with Gasteiger partial charge in [-0.2, -0.15) is 5.10 Å². The van der Waals surface area contributed by atoms with Gasteiger partial charge < -0.3 is 5.73 Å². The highest BCUT2D eigenvalue weighted by molar-refractivity contribution is 5.37. The van der Waals surface area contributed by atoms with Crippen molar-refractivity contribution in [2.75, 3.05) is 5.73 Å². The normalized spacial score (nSPS) is 14.2. The van der Waals surface area contributed by atoms with Crippen LogP contribution in [-0.4, -0.2) is 10.2 Å². The zero-order valence-electron chi connectivity index (χ0n) is 4.96. The standard InChI is InChI=1S/C6H7N3/c7-6-3-4-1-2-5(4)8-9-6/h3H,1-2H2,(H2,7,9). The summed E-state index contributed by atoms with van der Waals surface area (Å²) in [6.07, 6.45) is 2.19. The third-order valence-electron chi connectivity index (χ3n) is 1.61. The fourth-order valence-corrected chi connectivity index (χ4v) is 0.976. The Morgan fingerprint density at radius 2 is 2.22 bits per heavy atom. The van der Waals surface area contributed by atoms with E-state index in [-0.39, 0.29) is 0 Å². The van der Waals surface area contributed by atoms with Crippen LogP contribution in [0.15, 0.2) is 6.07 Å². The van der Waals surface area contributed by atoms with Gasteiger partial charge in [-0.05, 0) is 24.5 Å². The SMILES string of the molecule is Nc1cc2c(nn1)CC2. The van der Waals surface area contributed by atoms with E-state index in [1.807, 2.05) is 6.07 Å². The van der Waals surface area contributed by atoms with Crippen molar-refractivity contribution in [2.24, 2.45) is 0 Å². The topological polar surface area (TPSA) is 51.8 Å². The van der Waals surface area contributed by atoms with Crippen molar-refractivity contribution >= 4 is 5.82 Å². The fourth-order valence-electron chi connectivity index (χ4n) is 0.976. The van der Waals surface area contributed by atoms with E-state index in [4.69, 9.17) is 5.73 Å². The van der Waals surface area contributed by atoms with Crippen molar-refractivity contribution in [1.82, 2.24) is 10.2 Å². The van der Waals surface area contributed by atoms with Crippen LogP contribution in [-0.2, 0) is 12.8 Å². The van der Waals surface area contributed by atoms with Crippen LogP contribution < -0.4 is 5.73 Å². The molecule has 2 rings (SSSR count). The van der Waals surface area contributed by atoms with E-state index >= 15 is 0 Å². The predicted octanol–water partition coefficient (Wildman–Crippen LogP) is 0.157. The number of nitrogens with two attached hydrogens (primary N) is 1. The molecule has 1 aliphatic rings. The second-order valence-electron chi connectivity index (χ2n) is 2.24. The minimum atomic E-state index is 0.536. The molecule has 1 heterocycles. The van der Waals surface area contributed by atoms with Gasteiger partial charge in [-0.15, -0.1) is 5.10 Å². The maximum atomic E-state index is 5.39. The van der Waals surface area contributed by atoms with Crippen molar-refractivity contribution in [1.29, 1.82) is 0 Å². The van der Waals surface area contributed by atoms with Crippen LogP contribution in [0.25, 0.3) is 0 Å². The maximum absolute atomic E-state index is 5.39. The van der Waals surface area contributed by atoms with Crippen LogP contribution in [0.1, 0.15) is 11.3 Å². The lowest BCUT2D eigenvalue weighted by atomic mass is 9.95. The van der Waals surface area contributed by atoms with Crippen molar-refractivity contribution < 1.29 is 0 Å². The van der Waals surface area contributed by atoms with Crippen LogP contribution in [0, 0.1) is 0 Å². The summed E-state index contributed by atoms with van der Waals surface area (Å²) in [6.45, 7) is 0. The van der Waals surface area contributed by atoms with Crippen molar-refractivity contribution in [3.63, 3.8) is 0 Å². The van der Waals surface area contributed by atoms with Gasteiger partial charge in [0.15, 0.2) is 0 Å². The first-order valence-corrected chi connectivity index (χ1v) is 2.97. The Morgan fingerprint density at radius 3 is 2.67 bits per heavy atom. The van der Waals surface area contributed by atoms with Gasteiger partial charge in [0, 0.05) is 0 Å². The molecule has 0 unspecified atom stereocenters. The molecule has 1 aromatic heterocycles. The van der Waals surface area contributed by atoms with Gasteiger partial charge in [-0.25, -0.2) is 0 Å². The van der Waals surface area contributed by atoms with E-state index < -0.39 is 0 Å². The zero-order valence-corrected chi connectivity index (χ0v) is 4.96. The van der Waals surface area contributed by atoms with E-state index in [9.17, 15) is 0 Å². The number of nitrogens with zero attached hydrogens (tertiary/aromatic N) is 2. The summed E-state index contributed by atoms with van der Waals surface area (Å²) in [5, 5.41) is 7.61. The number of aromatic nitrogens is 2. The van der Waals surface area contributed by atoms with Crippen molar-refractivity contribution in [3.05, 3.63) is 17.3 Å². The minimum Gasteiger partial charge on any atom is -0.382 e. The number of hydrogen-bond donors (Lipinski definition) is 1. The summed E-state index contributed by atoms with van der Waals surface area (Å²) in [6, 6.07) is 1.89. The van der Waals surface area contributed by atoms with Gasteiger partial charge >= 0.3 is 0 Å². The zero-order chi connectivity index (χ0) is 6.27. The Hall–Kier alpha value is -1.12. The number of hydrogen-bond acceptors (Lipinski definition) is 3. The molecule has 9 heavy (non-hydrogen) atoms. The van der Waals surface area contributed by atoms with E-state index in [0.29, 0.717) is 5.82 Å². The Balaban J connectivity index is 2.57. The van der Waals surface area contributed by atoms with Crippen molar-refractivity contribution in [3.8, 4) is 0 Å². The van der Waals surface area contributed by atoms with Gasteiger partial charge in [-0.1, -0.05) is 0 Å². The number of aryl methyl sites for hydroxylation is 2. The lowest BCUT2D eigenvalue weighted by Crippen LogP contribution is -2.13. The fraction of sp³-hybridized carbons (Fsp3) is 0.333. The molecule has 0 atom stereocenters. The van der Waals surface area contributed by atoms with Crippen LogP contribution in [0.2, 0.25) is 0 Å². The summed E-state index contributed by atoms with van der Waals surface area (Å²) in [5.41, 5.74) is 7.77. The largest absolute Gasteiger partial charge is 0.382 e. The second kappa shape index (κ2) is 1.43. The van der Waals surface area contributed by atoms with Gasteiger partial charge in [0.2, 0.25) is 0 Å². The van der Waals surface area contributed by atoms with Crippen LogP contribution in [0.5, 0.6) is 0 Å². The van der Waals surface area contributed by atoms with Crippen LogP contribution >= 0.6 is 0 Å². The maximum Gasteiger partial charge on any atom is 0.146 e. The molecule has 0 saturated heterocycles. The summed E-state index contributed by atoms with van der Waals surface area (Å²) < 4.78 is 0. The average Bonchev–Trinajstić information content (AvgIpc) is 1.78. The molecule has 46 valence electrons. The Morgan fingerprint density at radius 1 is 1.33 bits per heavy atom. The van der Waals surface area contributed by atoms with E-state index in [0.717, 1.165) is 18.5 Å². The number of anilines is 1. The number of rotatable bonds is 0. The summed E-state index contributed by atoms with van der Waals surface area (Å²) in [5.74, 6) is 0.536. The summed E-state index contributed by atoms with van der Waals surface area (Å²) in [4.78, 5) is 0. The molecule has 0 radical (unpaired) electrons. The van der Waals surface area contributed by atoms with E-state index in [2.05, 4.69) is 10.2 Å². The molecular weight excluding hydrogens is 114 g/mol. The molecule has 0 aromatic carbocycles. The van der Waals surface area contributed by atoms with Gasteiger partial charge in [0.05, 0.1) is 5.69 Å². The lowest BCUT2D eigenvalue weighted by molar-refractivity contribution is 0.751. The molecule has 2 N–H and O–H groups in total. The Bertz CT molecular complexity index is 244. The molecule has 0 spiro atoms. The molecule has 3 heteroatoms. The first-order valence-electron chi connectivity index (χ1n) is 2.97. The minimum absolute atomic E-state index is 0.536. The highest BCUT2D eigenvalue weighted by atomic mass is 15.1. The molecule has 0 saturated carbocycles. The summed E-state index contributed by atoms with van der Waals surface area (Å²) in [7, 11) is 0. The smallest absolute Gasteiger partial charge is 0.146 e.